The average molecular weight is 440 g/mol. The normalized spacial score (nSPS) is 11.4. The smallest absolute Gasteiger partial charge is 0.266 e. The number of hydrogen-bond donors (Lipinski definition) is 1. The van der Waals surface area contributed by atoms with Gasteiger partial charge in [-0.15, -0.1) is 0 Å². The lowest BCUT2D eigenvalue weighted by molar-refractivity contribution is -0.112. The minimum atomic E-state index is -0.451. The van der Waals surface area contributed by atoms with Crippen molar-refractivity contribution >= 4 is 40.0 Å². The van der Waals surface area contributed by atoms with Crippen molar-refractivity contribution in [3.8, 4) is 11.8 Å². The van der Waals surface area contributed by atoms with Crippen LogP contribution in [0.3, 0.4) is 0 Å². The van der Waals surface area contributed by atoms with E-state index in [1.54, 1.807) is 24.3 Å². The summed E-state index contributed by atoms with van der Waals surface area (Å²) in [6.45, 7) is 5.86. The van der Waals surface area contributed by atoms with Gasteiger partial charge < -0.3 is 9.88 Å². The topological polar surface area (TPSA) is 57.8 Å². The van der Waals surface area contributed by atoms with E-state index in [9.17, 15) is 10.1 Å². The highest BCUT2D eigenvalue weighted by Crippen LogP contribution is 2.26. The zero-order chi connectivity index (χ0) is 22.8. The molecule has 0 unspecified atom stereocenters. The Bertz CT molecular complexity index is 1420. The Morgan fingerprint density at radius 3 is 2.47 bits per heavy atom. The second-order valence-electron chi connectivity index (χ2n) is 7.78. The number of aryl methyl sites for hydroxylation is 2. The van der Waals surface area contributed by atoms with Crippen molar-refractivity contribution in [2.45, 2.75) is 20.8 Å². The fraction of sp³-hybridized carbons (Fsp3) is 0.111. The lowest BCUT2D eigenvalue weighted by Gasteiger charge is -2.11. The summed E-state index contributed by atoms with van der Waals surface area (Å²) in [5, 5.41) is 15.4. The largest absolute Gasteiger partial charge is 0.321 e. The van der Waals surface area contributed by atoms with Gasteiger partial charge in [0.2, 0.25) is 0 Å². The number of amides is 1. The molecular formula is C27H22ClN3O. The molecule has 0 aliphatic heterocycles. The average Bonchev–Trinajstić information content (AvgIpc) is 3.06. The second kappa shape index (κ2) is 8.74. The Kier molecular flexibility index (Phi) is 5.85. The first-order chi connectivity index (χ1) is 15.4. The number of rotatable bonds is 4. The van der Waals surface area contributed by atoms with E-state index in [4.69, 9.17) is 11.6 Å². The Morgan fingerprint density at radius 2 is 1.75 bits per heavy atom. The summed E-state index contributed by atoms with van der Waals surface area (Å²) >= 11 is 5.99. The van der Waals surface area contributed by atoms with Crippen LogP contribution in [0.25, 0.3) is 22.5 Å². The molecule has 0 aliphatic carbocycles. The molecule has 0 fully saturated rings. The molecule has 1 heterocycles. The summed E-state index contributed by atoms with van der Waals surface area (Å²) in [4.78, 5) is 12.8. The van der Waals surface area contributed by atoms with Gasteiger partial charge in [-0.2, -0.15) is 5.26 Å². The van der Waals surface area contributed by atoms with Gasteiger partial charge in [0.05, 0.1) is 0 Å². The van der Waals surface area contributed by atoms with E-state index in [1.165, 1.54) is 5.39 Å². The standard InChI is InChI=1S/C27H22ClN3O/c1-17-12-24(28)9-11-26(17)30-27(32)23(16-29)14-22-13-18(2)31(19(22)3)25-10-8-20-6-4-5-7-21(20)15-25/h4-15H,1-3H3,(H,30,32)/b23-14+. The SMILES string of the molecule is Cc1cc(Cl)ccc1NC(=O)/C(C#N)=C/c1cc(C)n(-c2ccc3ccccc3c2)c1C. The Hall–Kier alpha value is -3.81. The number of nitrogens with zero attached hydrogens (tertiary/aromatic N) is 2. The molecule has 1 N–H and O–H groups in total. The monoisotopic (exact) mass is 439 g/mol. The van der Waals surface area contributed by atoms with Crippen LogP contribution in [-0.2, 0) is 4.79 Å². The number of carbonyl (C=O) groups excluding carboxylic acids is 1. The van der Waals surface area contributed by atoms with Crippen LogP contribution in [0, 0.1) is 32.1 Å². The predicted molar refractivity (Wildman–Crippen MR) is 131 cm³/mol. The molecule has 1 amide bonds. The van der Waals surface area contributed by atoms with E-state index in [-0.39, 0.29) is 5.57 Å². The first-order valence-electron chi connectivity index (χ1n) is 10.2. The summed E-state index contributed by atoms with van der Waals surface area (Å²) in [5.41, 5.74) is 5.35. The van der Waals surface area contributed by atoms with Gasteiger partial charge in [-0.3, -0.25) is 4.79 Å². The molecule has 0 atom stereocenters. The molecule has 4 aromatic rings. The van der Waals surface area contributed by atoms with Crippen LogP contribution in [0.1, 0.15) is 22.5 Å². The van der Waals surface area contributed by atoms with Gasteiger partial charge in [-0.1, -0.05) is 41.9 Å². The summed E-state index contributed by atoms with van der Waals surface area (Å²) in [5.74, 6) is -0.451. The first-order valence-corrected chi connectivity index (χ1v) is 10.6. The van der Waals surface area contributed by atoms with Gasteiger partial charge in [-0.05, 0) is 85.1 Å². The van der Waals surface area contributed by atoms with Gasteiger partial charge in [0.15, 0.2) is 0 Å². The van der Waals surface area contributed by atoms with Crippen LogP contribution in [0.4, 0.5) is 5.69 Å². The summed E-state index contributed by atoms with van der Waals surface area (Å²) < 4.78 is 2.13. The highest BCUT2D eigenvalue weighted by molar-refractivity contribution is 6.30. The van der Waals surface area contributed by atoms with Gasteiger partial charge in [0, 0.05) is 27.8 Å². The van der Waals surface area contributed by atoms with Crippen LogP contribution in [-0.4, -0.2) is 10.5 Å². The molecule has 3 aromatic carbocycles. The van der Waals surface area contributed by atoms with Crippen molar-refractivity contribution in [3.05, 3.63) is 99.8 Å². The van der Waals surface area contributed by atoms with Crippen LogP contribution in [0.15, 0.2) is 72.3 Å². The number of nitrogens with one attached hydrogen (secondary N) is 1. The van der Waals surface area contributed by atoms with Crippen LogP contribution in [0.5, 0.6) is 0 Å². The summed E-state index contributed by atoms with van der Waals surface area (Å²) in [6.07, 6.45) is 1.64. The molecule has 5 heteroatoms. The summed E-state index contributed by atoms with van der Waals surface area (Å²) in [6, 6.07) is 23.8. The second-order valence-corrected chi connectivity index (χ2v) is 8.21. The lowest BCUT2D eigenvalue weighted by atomic mass is 10.1. The third-order valence-corrected chi connectivity index (χ3v) is 5.80. The van der Waals surface area contributed by atoms with E-state index < -0.39 is 5.91 Å². The Labute approximate surface area is 192 Å². The molecular weight excluding hydrogens is 418 g/mol. The number of anilines is 1. The number of nitriles is 1. The van der Waals surface area contributed by atoms with Crippen molar-refractivity contribution in [2.75, 3.05) is 5.32 Å². The molecule has 0 spiro atoms. The van der Waals surface area contributed by atoms with Crippen molar-refractivity contribution in [1.82, 2.24) is 4.57 Å². The fourth-order valence-electron chi connectivity index (χ4n) is 3.91. The van der Waals surface area contributed by atoms with Crippen molar-refractivity contribution in [1.29, 1.82) is 5.26 Å². The highest BCUT2D eigenvalue weighted by Gasteiger charge is 2.15. The quantitative estimate of drug-likeness (QED) is 0.282. The fourth-order valence-corrected chi connectivity index (χ4v) is 4.13. The molecule has 4 nitrogen and oxygen atoms in total. The molecule has 158 valence electrons. The third kappa shape index (κ3) is 4.16. The molecule has 0 saturated heterocycles. The maximum atomic E-state index is 12.8. The van der Waals surface area contributed by atoms with Gasteiger partial charge >= 0.3 is 0 Å². The maximum Gasteiger partial charge on any atom is 0.266 e. The number of carbonyl (C=O) groups is 1. The van der Waals surface area contributed by atoms with E-state index >= 15 is 0 Å². The van der Waals surface area contributed by atoms with Crippen molar-refractivity contribution < 1.29 is 4.79 Å². The van der Waals surface area contributed by atoms with Gasteiger partial charge in [0.25, 0.3) is 5.91 Å². The molecule has 0 radical (unpaired) electrons. The van der Waals surface area contributed by atoms with E-state index in [0.29, 0.717) is 10.7 Å². The minimum absolute atomic E-state index is 0.0399. The van der Waals surface area contributed by atoms with E-state index in [0.717, 1.165) is 33.6 Å². The van der Waals surface area contributed by atoms with Crippen LogP contribution in [0.2, 0.25) is 5.02 Å². The Morgan fingerprint density at radius 1 is 1.00 bits per heavy atom. The number of benzene rings is 3. The molecule has 0 aliphatic rings. The minimum Gasteiger partial charge on any atom is -0.321 e. The van der Waals surface area contributed by atoms with Gasteiger partial charge in [0.1, 0.15) is 11.6 Å². The van der Waals surface area contributed by atoms with E-state index in [1.807, 2.05) is 45.0 Å². The predicted octanol–water partition coefficient (Wildman–Crippen LogP) is 6.75. The molecule has 1 aromatic heterocycles. The zero-order valence-corrected chi connectivity index (χ0v) is 18.9. The van der Waals surface area contributed by atoms with Crippen LogP contribution < -0.4 is 5.32 Å². The highest BCUT2D eigenvalue weighted by atomic mass is 35.5. The number of halogens is 1. The first kappa shape index (κ1) is 21.4. The van der Waals surface area contributed by atoms with E-state index in [2.05, 4.69) is 40.2 Å². The van der Waals surface area contributed by atoms with Gasteiger partial charge in [-0.25, -0.2) is 0 Å². The molecule has 4 rings (SSSR count). The maximum absolute atomic E-state index is 12.8. The van der Waals surface area contributed by atoms with Crippen molar-refractivity contribution in [2.24, 2.45) is 0 Å². The number of hydrogen-bond acceptors (Lipinski definition) is 2. The molecule has 0 saturated carbocycles. The number of fused-ring (bicyclic) bond motifs is 1. The molecule has 0 bridgehead atoms. The molecule has 32 heavy (non-hydrogen) atoms. The lowest BCUT2D eigenvalue weighted by Crippen LogP contribution is -2.14. The Balaban J connectivity index is 1.68. The summed E-state index contributed by atoms with van der Waals surface area (Å²) in [7, 11) is 0. The third-order valence-electron chi connectivity index (χ3n) is 5.56. The number of aromatic nitrogens is 1. The zero-order valence-electron chi connectivity index (χ0n) is 18.1. The van der Waals surface area contributed by atoms with Crippen LogP contribution >= 0.6 is 11.6 Å². The van der Waals surface area contributed by atoms with Crippen molar-refractivity contribution in [3.63, 3.8) is 0 Å².